The second-order valence-electron chi connectivity index (χ2n) is 6.08. The van der Waals surface area contributed by atoms with Crippen molar-refractivity contribution < 1.29 is 9.13 Å². The summed E-state index contributed by atoms with van der Waals surface area (Å²) in [5.74, 6) is -0.500. The molecule has 3 aromatic rings. The molecular formula is C16H17BrFN5O. The topological polar surface area (TPSA) is 78.9 Å². The lowest BCUT2D eigenvalue weighted by atomic mass is 10.1. The number of ether oxygens (including phenoxy) is 1. The van der Waals surface area contributed by atoms with E-state index < -0.39 is 5.82 Å². The van der Waals surface area contributed by atoms with Crippen molar-refractivity contribution in [3.05, 3.63) is 35.1 Å². The zero-order valence-electron chi connectivity index (χ0n) is 13.5. The van der Waals surface area contributed by atoms with E-state index in [-0.39, 0.29) is 17.2 Å². The molecule has 0 saturated heterocycles. The molecule has 0 aliphatic rings. The van der Waals surface area contributed by atoms with Crippen LogP contribution in [0.5, 0.6) is 0 Å². The zero-order valence-corrected chi connectivity index (χ0v) is 15.1. The third kappa shape index (κ3) is 3.11. The van der Waals surface area contributed by atoms with E-state index in [1.54, 1.807) is 13.3 Å². The van der Waals surface area contributed by atoms with Gasteiger partial charge in [-0.05, 0) is 35.8 Å². The summed E-state index contributed by atoms with van der Waals surface area (Å²) in [5, 5.41) is 0.820. The lowest BCUT2D eigenvalue weighted by Crippen LogP contribution is -2.28. The summed E-state index contributed by atoms with van der Waals surface area (Å²) in [6.45, 7) is 4.54. The fourth-order valence-corrected chi connectivity index (χ4v) is 2.86. The number of methoxy groups -OCH3 is 1. The summed E-state index contributed by atoms with van der Waals surface area (Å²) < 4.78 is 22.4. The van der Waals surface area contributed by atoms with Gasteiger partial charge >= 0.3 is 0 Å². The molecule has 3 aromatic heterocycles. The molecule has 0 fully saturated rings. The summed E-state index contributed by atoms with van der Waals surface area (Å²) in [5.41, 5.74) is 6.90. The normalized spacial score (nSPS) is 12.0. The van der Waals surface area contributed by atoms with Crippen LogP contribution in [0.3, 0.4) is 0 Å². The molecule has 0 aromatic carbocycles. The van der Waals surface area contributed by atoms with Crippen LogP contribution in [0.15, 0.2) is 29.3 Å². The van der Waals surface area contributed by atoms with Crippen molar-refractivity contribution in [3.63, 3.8) is 0 Å². The van der Waals surface area contributed by atoms with Gasteiger partial charge in [0.15, 0.2) is 5.82 Å². The molecule has 0 spiro atoms. The third-order valence-electron chi connectivity index (χ3n) is 3.86. The number of nitrogens with zero attached hydrogens (tertiary/aromatic N) is 4. The van der Waals surface area contributed by atoms with E-state index >= 15 is 0 Å². The van der Waals surface area contributed by atoms with Crippen LogP contribution in [0.4, 0.5) is 10.3 Å². The number of hydrogen-bond donors (Lipinski definition) is 1. The molecule has 0 bridgehead atoms. The first kappa shape index (κ1) is 16.8. The van der Waals surface area contributed by atoms with Crippen molar-refractivity contribution >= 4 is 32.8 Å². The van der Waals surface area contributed by atoms with Crippen LogP contribution in [0.1, 0.15) is 13.8 Å². The van der Waals surface area contributed by atoms with Gasteiger partial charge in [-0.2, -0.15) is 0 Å². The first-order valence-corrected chi connectivity index (χ1v) is 8.08. The highest BCUT2D eigenvalue weighted by molar-refractivity contribution is 9.10. The largest absolute Gasteiger partial charge is 0.377 e. The van der Waals surface area contributed by atoms with Gasteiger partial charge in [-0.3, -0.25) is 0 Å². The SMILES string of the molecule is COC(C)(C)Cn1cc(-c2nc(N)ncc2F)c2cc(Br)ncc21. The number of rotatable bonds is 4. The molecule has 0 radical (unpaired) electrons. The Hall–Kier alpha value is -2.06. The van der Waals surface area contributed by atoms with E-state index in [1.165, 1.54) is 0 Å². The average Bonchev–Trinajstić information content (AvgIpc) is 2.86. The first-order valence-electron chi connectivity index (χ1n) is 7.28. The summed E-state index contributed by atoms with van der Waals surface area (Å²) in [6, 6.07) is 1.83. The number of aromatic nitrogens is 4. The predicted octanol–water partition coefficient (Wildman–Crippen LogP) is 3.40. The van der Waals surface area contributed by atoms with Crippen LogP contribution in [0.25, 0.3) is 22.2 Å². The Morgan fingerprint density at radius 3 is 2.79 bits per heavy atom. The van der Waals surface area contributed by atoms with Crippen molar-refractivity contribution in [1.82, 2.24) is 19.5 Å². The summed E-state index contributed by atoms with van der Waals surface area (Å²) in [7, 11) is 1.66. The average molecular weight is 394 g/mol. The Bertz CT molecular complexity index is 909. The highest BCUT2D eigenvalue weighted by Crippen LogP contribution is 2.33. The molecule has 6 nitrogen and oxygen atoms in total. The van der Waals surface area contributed by atoms with Gasteiger partial charge in [-0.15, -0.1) is 0 Å². The standard InChI is InChI=1S/C16H17BrFN5O/c1-16(2,24-3)8-23-7-10(9-4-13(17)20-6-12(9)23)14-11(18)5-21-15(19)22-14/h4-7H,8H2,1-3H3,(H2,19,21,22). The number of nitrogens with two attached hydrogens (primary N) is 1. The highest BCUT2D eigenvalue weighted by Gasteiger charge is 2.22. The smallest absolute Gasteiger partial charge is 0.220 e. The second-order valence-corrected chi connectivity index (χ2v) is 6.90. The van der Waals surface area contributed by atoms with E-state index in [9.17, 15) is 4.39 Å². The number of halogens is 2. The number of nitrogen functional groups attached to an aromatic ring is 1. The minimum absolute atomic E-state index is 0.0256. The summed E-state index contributed by atoms with van der Waals surface area (Å²) in [6.07, 6.45) is 4.65. The zero-order chi connectivity index (χ0) is 17.5. The van der Waals surface area contributed by atoms with Gasteiger partial charge in [0, 0.05) is 24.3 Å². The van der Waals surface area contributed by atoms with Crippen molar-refractivity contribution in [2.75, 3.05) is 12.8 Å². The van der Waals surface area contributed by atoms with Crippen LogP contribution in [-0.4, -0.2) is 32.2 Å². The van der Waals surface area contributed by atoms with Crippen molar-refractivity contribution in [1.29, 1.82) is 0 Å². The third-order valence-corrected chi connectivity index (χ3v) is 4.29. The minimum Gasteiger partial charge on any atom is -0.377 e. The molecule has 3 rings (SSSR count). The van der Waals surface area contributed by atoms with E-state index in [0.29, 0.717) is 16.7 Å². The molecule has 0 aliphatic heterocycles. The quantitative estimate of drug-likeness (QED) is 0.687. The molecule has 0 aliphatic carbocycles. The van der Waals surface area contributed by atoms with Crippen LogP contribution in [-0.2, 0) is 11.3 Å². The lowest BCUT2D eigenvalue weighted by molar-refractivity contribution is 0.00914. The van der Waals surface area contributed by atoms with Gasteiger partial charge in [-0.1, -0.05) is 0 Å². The summed E-state index contributed by atoms with van der Waals surface area (Å²) >= 11 is 3.36. The summed E-state index contributed by atoms with van der Waals surface area (Å²) in [4.78, 5) is 12.0. The maximum absolute atomic E-state index is 14.3. The predicted molar refractivity (Wildman–Crippen MR) is 93.9 cm³/mol. The minimum atomic E-state index is -0.526. The van der Waals surface area contributed by atoms with Gasteiger partial charge in [0.2, 0.25) is 5.95 Å². The maximum atomic E-state index is 14.3. The van der Waals surface area contributed by atoms with Gasteiger partial charge < -0.3 is 15.0 Å². The van der Waals surface area contributed by atoms with Gasteiger partial charge in [0.05, 0.1) is 30.1 Å². The molecule has 0 saturated carbocycles. The number of hydrogen-bond acceptors (Lipinski definition) is 5. The highest BCUT2D eigenvalue weighted by atomic mass is 79.9. The molecular weight excluding hydrogens is 377 g/mol. The fourth-order valence-electron chi connectivity index (χ4n) is 2.53. The van der Waals surface area contributed by atoms with Crippen LogP contribution in [0.2, 0.25) is 0 Å². The monoisotopic (exact) mass is 393 g/mol. The molecule has 0 amide bonds. The molecule has 2 N–H and O–H groups in total. The van der Waals surface area contributed by atoms with E-state index in [1.807, 2.05) is 30.7 Å². The van der Waals surface area contributed by atoms with Crippen molar-refractivity contribution in [3.8, 4) is 11.3 Å². The van der Waals surface area contributed by atoms with Crippen LogP contribution in [0, 0.1) is 5.82 Å². The second kappa shape index (κ2) is 6.10. The fraction of sp³-hybridized carbons (Fsp3) is 0.312. The Balaban J connectivity index is 2.25. The molecule has 3 heterocycles. The van der Waals surface area contributed by atoms with Gasteiger partial charge in [-0.25, -0.2) is 19.3 Å². The van der Waals surface area contributed by atoms with Crippen molar-refractivity contribution in [2.24, 2.45) is 0 Å². The van der Waals surface area contributed by atoms with Gasteiger partial charge in [0.25, 0.3) is 0 Å². The Kier molecular flexibility index (Phi) is 4.27. The van der Waals surface area contributed by atoms with E-state index in [4.69, 9.17) is 10.5 Å². The van der Waals surface area contributed by atoms with E-state index in [0.717, 1.165) is 17.1 Å². The Labute approximate surface area is 147 Å². The van der Waals surface area contributed by atoms with Crippen LogP contribution < -0.4 is 5.73 Å². The molecule has 24 heavy (non-hydrogen) atoms. The number of anilines is 1. The Morgan fingerprint density at radius 1 is 1.33 bits per heavy atom. The van der Waals surface area contributed by atoms with E-state index in [2.05, 4.69) is 30.9 Å². The van der Waals surface area contributed by atoms with Crippen molar-refractivity contribution in [2.45, 2.75) is 26.0 Å². The number of fused-ring (bicyclic) bond motifs is 1. The van der Waals surface area contributed by atoms with Crippen LogP contribution >= 0.6 is 15.9 Å². The molecule has 126 valence electrons. The molecule has 0 atom stereocenters. The number of pyridine rings is 1. The molecule has 8 heteroatoms. The molecule has 0 unspecified atom stereocenters. The van der Waals surface area contributed by atoms with Gasteiger partial charge in [0.1, 0.15) is 10.3 Å². The Morgan fingerprint density at radius 2 is 2.08 bits per heavy atom. The maximum Gasteiger partial charge on any atom is 0.220 e. The lowest BCUT2D eigenvalue weighted by Gasteiger charge is -2.23. The first-order chi connectivity index (χ1) is 11.3.